The number of carboxylic acids is 1. The van der Waals surface area contributed by atoms with E-state index in [1.165, 1.54) is 7.05 Å². The zero-order chi connectivity index (χ0) is 12.9. The van der Waals surface area contributed by atoms with Gasteiger partial charge in [0.2, 0.25) is 5.54 Å². The van der Waals surface area contributed by atoms with Crippen LogP contribution in [0.2, 0.25) is 0 Å². The number of hydrogen-bond donors (Lipinski definition) is 2. The predicted molar refractivity (Wildman–Crippen MR) is 61.4 cm³/mol. The summed E-state index contributed by atoms with van der Waals surface area (Å²) in [4.78, 5) is 23.3. The summed E-state index contributed by atoms with van der Waals surface area (Å²) >= 11 is 0. The van der Waals surface area contributed by atoms with Crippen LogP contribution in [0, 0.1) is 0 Å². The Bertz CT molecular complexity index is 404. The lowest BCUT2D eigenvalue weighted by Crippen LogP contribution is -2.54. The van der Waals surface area contributed by atoms with Crippen molar-refractivity contribution < 1.29 is 19.4 Å². The van der Waals surface area contributed by atoms with Crippen LogP contribution < -0.4 is 5.32 Å². The van der Waals surface area contributed by atoms with Crippen molar-refractivity contribution in [3.8, 4) is 0 Å². The summed E-state index contributed by atoms with van der Waals surface area (Å²) in [7, 11) is 1.41. The van der Waals surface area contributed by atoms with Gasteiger partial charge in [-0.25, -0.2) is 9.59 Å². The van der Waals surface area contributed by atoms with E-state index >= 15 is 0 Å². The molecule has 0 aliphatic heterocycles. The van der Waals surface area contributed by atoms with Crippen molar-refractivity contribution in [2.45, 2.75) is 12.5 Å². The van der Waals surface area contributed by atoms with E-state index in [9.17, 15) is 14.7 Å². The molecule has 0 spiro atoms. The summed E-state index contributed by atoms with van der Waals surface area (Å²) in [6.07, 6.45) is 0. The molecule has 5 nitrogen and oxygen atoms in total. The molecule has 0 amide bonds. The van der Waals surface area contributed by atoms with E-state index in [0.717, 1.165) is 0 Å². The van der Waals surface area contributed by atoms with Gasteiger partial charge < -0.3 is 9.84 Å². The number of rotatable bonds is 5. The second-order valence-corrected chi connectivity index (χ2v) is 3.39. The maximum atomic E-state index is 11.9. The summed E-state index contributed by atoms with van der Waals surface area (Å²) in [6.45, 7) is 1.76. The molecule has 0 aliphatic rings. The molecule has 1 aromatic rings. The van der Waals surface area contributed by atoms with Crippen LogP contribution in [0.3, 0.4) is 0 Å². The first kappa shape index (κ1) is 13.2. The fourth-order valence-electron chi connectivity index (χ4n) is 1.61. The van der Waals surface area contributed by atoms with E-state index in [4.69, 9.17) is 4.74 Å². The van der Waals surface area contributed by atoms with E-state index in [0.29, 0.717) is 5.56 Å². The number of carboxylic acid groups (broad SMARTS) is 1. The van der Waals surface area contributed by atoms with Crippen molar-refractivity contribution >= 4 is 11.9 Å². The van der Waals surface area contributed by atoms with Crippen LogP contribution in [0.4, 0.5) is 0 Å². The first-order valence-corrected chi connectivity index (χ1v) is 5.24. The highest BCUT2D eigenvalue weighted by Gasteiger charge is 2.48. The minimum absolute atomic E-state index is 0.127. The topological polar surface area (TPSA) is 75.6 Å². The molecule has 1 aromatic carbocycles. The second-order valence-electron chi connectivity index (χ2n) is 3.39. The van der Waals surface area contributed by atoms with Crippen LogP contribution in [-0.4, -0.2) is 30.7 Å². The van der Waals surface area contributed by atoms with Crippen LogP contribution in [0.15, 0.2) is 30.3 Å². The number of benzene rings is 1. The monoisotopic (exact) mass is 237 g/mol. The molecule has 2 N–H and O–H groups in total. The van der Waals surface area contributed by atoms with Gasteiger partial charge in [0.25, 0.3) is 0 Å². The van der Waals surface area contributed by atoms with E-state index < -0.39 is 17.5 Å². The lowest BCUT2D eigenvalue weighted by atomic mass is 9.90. The number of carbonyl (C=O) groups excluding carboxylic acids is 1. The summed E-state index contributed by atoms with van der Waals surface area (Å²) in [5.74, 6) is -2.11. The van der Waals surface area contributed by atoms with E-state index in [2.05, 4.69) is 5.32 Å². The quantitative estimate of drug-likeness (QED) is 0.583. The van der Waals surface area contributed by atoms with Gasteiger partial charge in [-0.15, -0.1) is 0 Å². The molecular formula is C12H15NO4. The summed E-state index contributed by atoms with van der Waals surface area (Å²) in [5.41, 5.74) is -1.51. The molecule has 1 rings (SSSR count). The molecule has 0 fully saturated rings. The van der Waals surface area contributed by atoms with Gasteiger partial charge in [-0.3, -0.25) is 5.32 Å². The number of carbonyl (C=O) groups is 2. The minimum atomic E-state index is -1.85. The Morgan fingerprint density at radius 1 is 1.35 bits per heavy atom. The molecule has 0 saturated heterocycles. The Morgan fingerprint density at radius 2 is 1.94 bits per heavy atom. The Labute approximate surface area is 99.4 Å². The molecule has 0 aliphatic carbocycles. The lowest BCUT2D eigenvalue weighted by molar-refractivity contribution is -0.163. The van der Waals surface area contributed by atoms with Crippen LogP contribution in [-0.2, 0) is 19.9 Å². The Kier molecular flexibility index (Phi) is 4.23. The zero-order valence-corrected chi connectivity index (χ0v) is 9.77. The van der Waals surface area contributed by atoms with Gasteiger partial charge in [-0.2, -0.15) is 0 Å². The van der Waals surface area contributed by atoms with E-state index in [1.54, 1.807) is 37.3 Å². The standard InChI is InChI=1S/C12H15NO4/c1-3-17-11(16)12(13-2,10(14)15)9-7-5-4-6-8-9/h4-8,13H,3H2,1-2H3,(H,14,15). The number of hydrogen-bond acceptors (Lipinski definition) is 4. The van der Waals surface area contributed by atoms with E-state index in [-0.39, 0.29) is 6.61 Å². The fourth-order valence-corrected chi connectivity index (χ4v) is 1.61. The van der Waals surface area contributed by atoms with Gasteiger partial charge in [-0.1, -0.05) is 30.3 Å². The molecule has 1 atom stereocenters. The van der Waals surface area contributed by atoms with Crippen LogP contribution in [0.5, 0.6) is 0 Å². The summed E-state index contributed by atoms with van der Waals surface area (Å²) in [6, 6.07) is 8.23. The predicted octanol–water partition coefficient (Wildman–Crippen LogP) is 0.749. The summed E-state index contributed by atoms with van der Waals surface area (Å²) in [5, 5.41) is 11.9. The normalized spacial score (nSPS) is 13.8. The average molecular weight is 237 g/mol. The third kappa shape index (κ3) is 2.29. The smallest absolute Gasteiger partial charge is 0.342 e. The van der Waals surface area contributed by atoms with Crippen LogP contribution in [0.25, 0.3) is 0 Å². The molecule has 17 heavy (non-hydrogen) atoms. The van der Waals surface area contributed by atoms with Gasteiger partial charge in [0.1, 0.15) is 0 Å². The second kappa shape index (κ2) is 5.45. The minimum Gasteiger partial charge on any atom is -0.479 e. The van der Waals surface area contributed by atoms with Crippen LogP contribution >= 0.6 is 0 Å². The molecule has 5 heteroatoms. The highest BCUT2D eigenvalue weighted by atomic mass is 16.5. The van der Waals surface area contributed by atoms with Gasteiger partial charge in [0.05, 0.1) is 6.61 Å². The Balaban J connectivity index is 3.28. The third-order valence-corrected chi connectivity index (χ3v) is 2.48. The van der Waals surface area contributed by atoms with Crippen molar-refractivity contribution in [2.75, 3.05) is 13.7 Å². The maximum Gasteiger partial charge on any atom is 0.342 e. The summed E-state index contributed by atoms with van der Waals surface area (Å²) < 4.78 is 4.83. The van der Waals surface area contributed by atoms with Gasteiger partial charge in [0.15, 0.2) is 0 Å². The number of ether oxygens (including phenoxy) is 1. The fraction of sp³-hybridized carbons (Fsp3) is 0.333. The Hall–Kier alpha value is -1.88. The van der Waals surface area contributed by atoms with Gasteiger partial charge >= 0.3 is 11.9 Å². The third-order valence-electron chi connectivity index (χ3n) is 2.48. The molecule has 0 heterocycles. The lowest BCUT2D eigenvalue weighted by Gasteiger charge is -2.26. The SMILES string of the molecule is CCOC(=O)C(NC)(C(=O)O)c1ccccc1. The van der Waals surface area contributed by atoms with Gasteiger partial charge in [-0.05, 0) is 19.5 Å². The maximum absolute atomic E-state index is 11.9. The molecule has 0 saturated carbocycles. The molecular weight excluding hydrogens is 222 g/mol. The van der Waals surface area contributed by atoms with E-state index in [1.807, 2.05) is 0 Å². The Morgan fingerprint density at radius 3 is 2.35 bits per heavy atom. The van der Waals surface area contributed by atoms with Gasteiger partial charge in [0, 0.05) is 0 Å². The molecule has 0 bridgehead atoms. The van der Waals surface area contributed by atoms with Crippen LogP contribution in [0.1, 0.15) is 12.5 Å². The van der Waals surface area contributed by atoms with Crippen molar-refractivity contribution in [1.82, 2.24) is 5.32 Å². The molecule has 0 radical (unpaired) electrons. The van der Waals surface area contributed by atoms with Crippen molar-refractivity contribution in [3.63, 3.8) is 0 Å². The highest BCUT2D eigenvalue weighted by Crippen LogP contribution is 2.23. The average Bonchev–Trinajstić information content (AvgIpc) is 2.32. The first-order chi connectivity index (χ1) is 8.09. The van der Waals surface area contributed by atoms with Crippen molar-refractivity contribution in [2.24, 2.45) is 0 Å². The highest BCUT2D eigenvalue weighted by molar-refractivity contribution is 6.05. The largest absolute Gasteiger partial charge is 0.479 e. The molecule has 0 aromatic heterocycles. The number of likely N-dealkylation sites (N-methyl/N-ethyl adjacent to an activating group) is 1. The van der Waals surface area contributed by atoms with Crippen molar-refractivity contribution in [1.29, 1.82) is 0 Å². The first-order valence-electron chi connectivity index (χ1n) is 5.24. The van der Waals surface area contributed by atoms with Crippen molar-refractivity contribution in [3.05, 3.63) is 35.9 Å². The number of aliphatic carboxylic acids is 1. The number of esters is 1. The molecule has 92 valence electrons. The number of nitrogens with one attached hydrogen (secondary N) is 1. The molecule has 1 unspecified atom stereocenters. The zero-order valence-electron chi connectivity index (χ0n) is 9.77.